The third kappa shape index (κ3) is 4.84. The maximum absolute atomic E-state index is 11.9. The number of allylic oxidation sites excluding steroid dienone is 1. The van der Waals surface area contributed by atoms with E-state index in [1.807, 2.05) is 11.8 Å². The Morgan fingerprint density at radius 2 is 2.19 bits per heavy atom. The molecule has 0 spiro atoms. The predicted molar refractivity (Wildman–Crippen MR) is 80.9 cm³/mol. The number of carbonyl (C=O) groups excluding carboxylic acids is 1. The predicted octanol–water partition coefficient (Wildman–Crippen LogP) is 1.65. The van der Waals surface area contributed by atoms with Crippen molar-refractivity contribution < 1.29 is 14.7 Å². The molecule has 0 saturated carbocycles. The van der Waals surface area contributed by atoms with Gasteiger partial charge in [-0.3, -0.25) is 14.5 Å². The Labute approximate surface area is 126 Å². The van der Waals surface area contributed by atoms with Crippen molar-refractivity contribution in [1.82, 2.24) is 10.2 Å². The maximum Gasteiger partial charge on any atom is 0.308 e. The minimum Gasteiger partial charge on any atom is -0.481 e. The van der Waals surface area contributed by atoms with Gasteiger partial charge >= 0.3 is 5.97 Å². The SMILES string of the molecule is CC1CN(CC(=O)NCCC2=CCCCC2)CC1C(=O)O. The number of likely N-dealkylation sites (tertiary alicyclic amines) is 1. The Kier molecular flexibility index (Phi) is 5.79. The van der Waals surface area contributed by atoms with Crippen LogP contribution in [0.2, 0.25) is 0 Å². The minimum atomic E-state index is -0.755. The fraction of sp³-hybridized carbons (Fsp3) is 0.750. The van der Waals surface area contributed by atoms with E-state index >= 15 is 0 Å². The third-order valence-electron chi connectivity index (χ3n) is 4.53. The molecule has 1 aliphatic carbocycles. The zero-order chi connectivity index (χ0) is 15.2. The fourth-order valence-corrected chi connectivity index (χ4v) is 3.27. The number of carbonyl (C=O) groups is 2. The lowest BCUT2D eigenvalue weighted by atomic mass is 9.97. The van der Waals surface area contributed by atoms with Crippen LogP contribution in [-0.2, 0) is 9.59 Å². The molecular weight excluding hydrogens is 268 g/mol. The van der Waals surface area contributed by atoms with Crippen LogP contribution in [0.15, 0.2) is 11.6 Å². The first-order valence-electron chi connectivity index (χ1n) is 7.96. The molecule has 1 heterocycles. The number of rotatable bonds is 6. The van der Waals surface area contributed by atoms with E-state index in [2.05, 4.69) is 11.4 Å². The molecule has 2 unspecified atom stereocenters. The van der Waals surface area contributed by atoms with Gasteiger partial charge in [-0.05, 0) is 38.0 Å². The lowest BCUT2D eigenvalue weighted by Gasteiger charge is -2.16. The number of hydrogen-bond donors (Lipinski definition) is 2. The maximum atomic E-state index is 11.9. The zero-order valence-corrected chi connectivity index (χ0v) is 12.8. The molecule has 2 atom stereocenters. The highest BCUT2D eigenvalue weighted by Gasteiger charge is 2.35. The molecule has 0 aromatic rings. The molecule has 5 nitrogen and oxygen atoms in total. The van der Waals surface area contributed by atoms with Crippen LogP contribution in [0.5, 0.6) is 0 Å². The van der Waals surface area contributed by atoms with Gasteiger partial charge in [0.1, 0.15) is 0 Å². The first kappa shape index (κ1) is 16.0. The van der Waals surface area contributed by atoms with Crippen molar-refractivity contribution in [3.05, 3.63) is 11.6 Å². The van der Waals surface area contributed by atoms with Gasteiger partial charge in [0.05, 0.1) is 12.5 Å². The minimum absolute atomic E-state index is 0.00430. The summed E-state index contributed by atoms with van der Waals surface area (Å²) in [7, 11) is 0. The van der Waals surface area contributed by atoms with Gasteiger partial charge in [0, 0.05) is 19.6 Å². The van der Waals surface area contributed by atoms with Crippen molar-refractivity contribution in [2.24, 2.45) is 11.8 Å². The highest BCUT2D eigenvalue weighted by atomic mass is 16.4. The molecule has 0 aromatic heterocycles. The number of nitrogens with zero attached hydrogens (tertiary/aromatic N) is 1. The molecule has 1 amide bonds. The number of carboxylic acids is 1. The fourth-order valence-electron chi connectivity index (χ4n) is 3.27. The second kappa shape index (κ2) is 7.59. The van der Waals surface area contributed by atoms with Crippen molar-refractivity contribution in [3.63, 3.8) is 0 Å². The number of hydrogen-bond acceptors (Lipinski definition) is 3. The normalized spacial score (nSPS) is 26.4. The summed E-state index contributed by atoms with van der Waals surface area (Å²) in [6, 6.07) is 0. The molecule has 0 bridgehead atoms. The third-order valence-corrected chi connectivity index (χ3v) is 4.53. The molecular formula is C16H26N2O3. The molecule has 118 valence electrons. The number of amides is 1. The van der Waals surface area contributed by atoms with E-state index in [0.29, 0.717) is 26.2 Å². The second-order valence-electron chi connectivity index (χ2n) is 6.32. The van der Waals surface area contributed by atoms with Crippen LogP contribution in [0, 0.1) is 11.8 Å². The van der Waals surface area contributed by atoms with Crippen LogP contribution in [0.1, 0.15) is 39.0 Å². The van der Waals surface area contributed by atoms with E-state index in [1.165, 1.54) is 31.3 Å². The standard InChI is InChI=1S/C16H26N2O3/c1-12-9-18(10-14(12)16(20)21)11-15(19)17-8-7-13-5-3-2-4-6-13/h5,12,14H,2-4,6-11H2,1H3,(H,17,19)(H,20,21). The number of carboxylic acid groups (broad SMARTS) is 1. The molecule has 2 N–H and O–H groups in total. The first-order valence-corrected chi connectivity index (χ1v) is 7.96. The first-order chi connectivity index (χ1) is 10.1. The number of nitrogens with one attached hydrogen (secondary N) is 1. The summed E-state index contributed by atoms with van der Waals surface area (Å²) in [5, 5.41) is 12.0. The van der Waals surface area contributed by atoms with E-state index in [9.17, 15) is 9.59 Å². The average molecular weight is 294 g/mol. The van der Waals surface area contributed by atoms with E-state index < -0.39 is 5.97 Å². The smallest absolute Gasteiger partial charge is 0.308 e. The van der Waals surface area contributed by atoms with Gasteiger partial charge in [-0.2, -0.15) is 0 Å². The molecule has 1 fully saturated rings. The van der Waals surface area contributed by atoms with E-state index in [-0.39, 0.29) is 17.7 Å². The highest BCUT2D eigenvalue weighted by Crippen LogP contribution is 2.22. The summed E-state index contributed by atoms with van der Waals surface area (Å²) < 4.78 is 0. The molecule has 0 radical (unpaired) electrons. The Morgan fingerprint density at radius 3 is 2.81 bits per heavy atom. The van der Waals surface area contributed by atoms with Crippen molar-refractivity contribution in [3.8, 4) is 0 Å². The summed E-state index contributed by atoms with van der Waals surface area (Å²) in [6.07, 6.45) is 8.14. The van der Waals surface area contributed by atoms with E-state index in [1.54, 1.807) is 0 Å². The van der Waals surface area contributed by atoms with Gasteiger partial charge in [0.2, 0.25) is 5.91 Å². The lowest BCUT2D eigenvalue weighted by molar-refractivity contribution is -0.142. The van der Waals surface area contributed by atoms with Crippen LogP contribution in [-0.4, -0.2) is 48.1 Å². The second-order valence-corrected chi connectivity index (χ2v) is 6.32. The summed E-state index contributed by atoms with van der Waals surface area (Å²) in [6.45, 7) is 4.11. The van der Waals surface area contributed by atoms with Gasteiger partial charge < -0.3 is 10.4 Å². The van der Waals surface area contributed by atoms with Crippen LogP contribution >= 0.6 is 0 Å². The van der Waals surface area contributed by atoms with Gasteiger partial charge in [-0.1, -0.05) is 18.6 Å². The van der Waals surface area contributed by atoms with Gasteiger partial charge in [-0.25, -0.2) is 0 Å². The van der Waals surface area contributed by atoms with Gasteiger partial charge in [0.25, 0.3) is 0 Å². The van der Waals surface area contributed by atoms with Crippen molar-refractivity contribution >= 4 is 11.9 Å². The quantitative estimate of drug-likeness (QED) is 0.731. The lowest BCUT2D eigenvalue weighted by Crippen LogP contribution is -2.37. The molecule has 2 aliphatic rings. The van der Waals surface area contributed by atoms with Crippen molar-refractivity contribution in [1.29, 1.82) is 0 Å². The van der Waals surface area contributed by atoms with E-state index in [0.717, 1.165) is 6.42 Å². The summed E-state index contributed by atoms with van der Waals surface area (Å²) in [5.74, 6) is -0.979. The van der Waals surface area contributed by atoms with Gasteiger partial charge in [0.15, 0.2) is 0 Å². The zero-order valence-electron chi connectivity index (χ0n) is 12.8. The molecule has 21 heavy (non-hydrogen) atoms. The van der Waals surface area contributed by atoms with Gasteiger partial charge in [-0.15, -0.1) is 0 Å². The summed E-state index contributed by atoms with van der Waals surface area (Å²) >= 11 is 0. The Morgan fingerprint density at radius 1 is 1.38 bits per heavy atom. The van der Waals surface area contributed by atoms with Crippen LogP contribution in [0.4, 0.5) is 0 Å². The highest BCUT2D eigenvalue weighted by molar-refractivity contribution is 5.78. The van der Waals surface area contributed by atoms with Crippen molar-refractivity contribution in [2.75, 3.05) is 26.2 Å². The van der Waals surface area contributed by atoms with Crippen LogP contribution < -0.4 is 5.32 Å². The molecule has 0 aromatic carbocycles. The largest absolute Gasteiger partial charge is 0.481 e. The molecule has 1 aliphatic heterocycles. The Hall–Kier alpha value is -1.36. The summed E-state index contributed by atoms with van der Waals surface area (Å²) in [4.78, 5) is 24.9. The van der Waals surface area contributed by atoms with Crippen LogP contribution in [0.25, 0.3) is 0 Å². The Balaban J connectivity index is 1.66. The molecule has 2 rings (SSSR count). The average Bonchev–Trinajstić information content (AvgIpc) is 2.81. The van der Waals surface area contributed by atoms with E-state index in [4.69, 9.17) is 5.11 Å². The number of aliphatic carboxylic acids is 1. The topological polar surface area (TPSA) is 69.6 Å². The van der Waals surface area contributed by atoms with Crippen LogP contribution in [0.3, 0.4) is 0 Å². The molecule has 5 heteroatoms. The van der Waals surface area contributed by atoms with Crippen molar-refractivity contribution in [2.45, 2.75) is 39.0 Å². The molecule has 1 saturated heterocycles. The Bertz CT molecular complexity index is 420. The summed E-state index contributed by atoms with van der Waals surface area (Å²) in [5.41, 5.74) is 1.46. The monoisotopic (exact) mass is 294 g/mol.